The Morgan fingerprint density at radius 3 is 2.61 bits per heavy atom. The maximum atomic E-state index is 13.7. The van der Waals surface area contributed by atoms with Crippen LogP contribution in [-0.4, -0.2) is 32.8 Å². The van der Waals surface area contributed by atoms with Crippen LogP contribution in [0.1, 0.15) is 50.3 Å². The van der Waals surface area contributed by atoms with E-state index in [2.05, 4.69) is 45.3 Å². The van der Waals surface area contributed by atoms with E-state index in [1.54, 1.807) is 18.5 Å². The van der Waals surface area contributed by atoms with Crippen LogP contribution in [0, 0.1) is 12.7 Å². The molecule has 1 saturated heterocycles. The number of hydrazine groups is 1. The van der Waals surface area contributed by atoms with Crippen LogP contribution in [0.3, 0.4) is 0 Å². The van der Waals surface area contributed by atoms with Gasteiger partial charge in [0.1, 0.15) is 5.82 Å². The molecular formula is C29H30FN5O. The number of aryl methyl sites for hydroxylation is 1. The predicted octanol–water partition coefficient (Wildman–Crippen LogP) is 6.82. The maximum absolute atomic E-state index is 13.7. The highest BCUT2D eigenvalue weighted by molar-refractivity contribution is 5.92. The molecule has 2 aliphatic heterocycles. The zero-order chi connectivity index (χ0) is 24.6. The van der Waals surface area contributed by atoms with Gasteiger partial charge in [0, 0.05) is 19.3 Å². The van der Waals surface area contributed by atoms with E-state index in [4.69, 9.17) is 4.52 Å². The molecule has 4 aromatic rings. The Morgan fingerprint density at radius 1 is 1.03 bits per heavy atom. The van der Waals surface area contributed by atoms with Crippen LogP contribution in [-0.2, 0) is 0 Å². The smallest absolute Gasteiger partial charge is 0.191 e. The molecule has 2 aromatic carbocycles. The third-order valence-electron chi connectivity index (χ3n) is 7.26. The van der Waals surface area contributed by atoms with Crippen LogP contribution in [0.4, 0.5) is 10.1 Å². The molecule has 1 fully saturated rings. The van der Waals surface area contributed by atoms with Gasteiger partial charge in [-0.25, -0.2) is 9.37 Å². The molecule has 0 amide bonds. The van der Waals surface area contributed by atoms with Gasteiger partial charge in [0.15, 0.2) is 5.58 Å². The molecule has 6 rings (SSSR count). The molecule has 7 heteroatoms. The first-order valence-corrected chi connectivity index (χ1v) is 12.7. The average Bonchev–Trinajstić information content (AvgIpc) is 3.51. The van der Waals surface area contributed by atoms with Crippen molar-refractivity contribution in [2.45, 2.75) is 46.0 Å². The van der Waals surface area contributed by atoms with E-state index >= 15 is 0 Å². The minimum atomic E-state index is -0.204. The van der Waals surface area contributed by atoms with Gasteiger partial charge in [-0.1, -0.05) is 18.1 Å². The minimum Gasteiger partial charge on any atom is -0.354 e. The number of imidazole rings is 1. The Labute approximate surface area is 210 Å². The number of benzene rings is 2. The number of allylic oxidation sites excluding steroid dienone is 2. The maximum Gasteiger partial charge on any atom is 0.191 e. The van der Waals surface area contributed by atoms with Crippen molar-refractivity contribution in [3.63, 3.8) is 0 Å². The molecule has 2 aliphatic rings. The Hall–Kier alpha value is -3.87. The summed E-state index contributed by atoms with van der Waals surface area (Å²) in [7, 11) is 0. The van der Waals surface area contributed by atoms with Gasteiger partial charge in [-0.05, 0) is 92.1 Å². The van der Waals surface area contributed by atoms with E-state index in [0.29, 0.717) is 0 Å². The molecule has 2 aromatic heterocycles. The van der Waals surface area contributed by atoms with E-state index in [-0.39, 0.29) is 5.82 Å². The third-order valence-corrected chi connectivity index (χ3v) is 7.26. The largest absolute Gasteiger partial charge is 0.354 e. The normalized spacial score (nSPS) is 17.7. The van der Waals surface area contributed by atoms with Gasteiger partial charge in [-0.15, -0.1) is 0 Å². The van der Waals surface area contributed by atoms with Gasteiger partial charge >= 0.3 is 0 Å². The van der Waals surface area contributed by atoms with Crippen molar-refractivity contribution in [3.8, 4) is 5.69 Å². The van der Waals surface area contributed by atoms with Gasteiger partial charge in [-0.2, -0.15) is 0 Å². The van der Waals surface area contributed by atoms with Crippen LogP contribution in [0.2, 0.25) is 0 Å². The summed E-state index contributed by atoms with van der Waals surface area (Å²) in [5.41, 5.74) is 8.92. The molecule has 36 heavy (non-hydrogen) atoms. The van der Waals surface area contributed by atoms with Crippen molar-refractivity contribution in [2.24, 2.45) is 0 Å². The van der Waals surface area contributed by atoms with Crippen molar-refractivity contribution in [3.05, 3.63) is 89.0 Å². The fourth-order valence-corrected chi connectivity index (χ4v) is 5.55. The molecular weight excluding hydrogens is 453 g/mol. The summed E-state index contributed by atoms with van der Waals surface area (Å²) in [6.07, 6.45) is 13.1. The van der Waals surface area contributed by atoms with Crippen molar-refractivity contribution >= 4 is 22.7 Å². The Bertz CT molecular complexity index is 1460. The first-order chi connectivity index (χ1) is 17.6. The molecule has 0 unspecified atom stereocenters. The van der Waals surface area contributed by atoms with Crippen molar-refractivity contribution < 1.29 is 8.91 Å². The zero-order valence-corrected chi connectivity index (χ0v) is 20.7. The van der Waals surface area contributed by atoms with Crippen LogP contribution in [0.5, 0.6) is 0 Å². The molecule has 0 spiro atoms. The molecule has 4 heterocycles. The molecule has 0 atom stereocenters. The summed E-state index contributed by atoms with van der Waals surface area (Å²) in [5, 5.41) is 9.90. The summed E-state index contributed by atoms with van der Waals surface area (Å²) in [4.78, 5) is 4.36. The number of hydrogen-bond acceptors (Lipinski definition) is 5. The topological polar surface area (TPSA) is 50.3 Å². The summed E-state index contributed by atoms with van der Waals surface area (Å²) in [6.45, 7) is 6.10. The number of piperidine rings is 1. The molecule has 0 N–H and O–H groups in total. The third kappa shape index (κ3) is 3.98. The van der Waals surface area contributed by atoms with E-state index in [0.717, 1.165) is 78.8 Å². The predicted molar refractivity (Wildman–Crippen MR) is 140 cm³/mol. The van der Waals surface area contributed by atoms with Gasteiger partial charge in [0.2, 0.25) is 0 Å². The lowest BCUT2D eigenvalue weighted by molar-refractivity contribution is 0.297. The summed E-state index contributed by atoms with van der Waals surface area (Å²) < 4.78 is 21.3. The molecule has 6 nitrogen and oxygen atoms in total. The second kappa shape index (κ2) is 9.30. The molecule has 0 saturated carbocycles. The lowest BCUT2D eigenvalue weighted by atomic mass is 9.92. The van der Waals surface area contributed by atoms with E-state index in [1.165, 1.54) is 16.8 Å². The number of rotatable bonds is 4. The Kier molecular flexibility index (Phi) is 5.83. The standard InChI is InChI=1S/C29H30FN5O/c1-3-21-6-4-14-34(25-11-9-24(30)10-12-25)35-15-5-7-23(28(21)35)16-22-8-13-27(29-26(22)17-32-36-29)33-18-20(2)31-19-33/h8-13,16-19H,3-7,14-15H2,1-2H3. The Morgan fingerprint density at radius 2 is 1.83 bits per heavy atom. The SMILES string of the molecule is CCC1=C2C(=Cc3ccc(-n4cnc(C)c4)c4oncc34)CCCN2N(c2ccc(F)cc2)CCC1. The average molecular weight is 484 g/mol. The van der Waals surface area contributed by atoms with Gasteiger partial charge in [0.25, 0.3) is 0 Å². The van der Waals surface area contributed by atoms with Crippen LogP contribution < -0.4 is 5.01 Å². The van der Waals surface area contributed by atoms with Crippen LogP contribution in [0.25, 0.3) is 22.7 Å². The quantitative estimate of drug-likeness (QED) is 0.319. The summed E-state index contributed by atoms with van der Waals surface area (Å²) in [6, 6.07) is 11.1. The van der Waals surface area contributed by atoms with Gasteiger partial charge < -0.3 is 9.09 Å². The van der Waals surface area contributed by atoms with Gasteiger partial charge in [-0.3, -0.25) is 10.0 Å². The molecule has 184 valence electrons. The highest BCUT2D eigenvalue weighted by atomic mass is 19.1. The first-order valence-electron chi connectivity index (χ1n) is 12.7. The second-order valence-corrected chi connectivity index (χ2v) is 9.57. The van der Waals surface area contributed by atoms with Crippen molar-refractivity contribution in [1.82, 2.24) is 19.7 Å². The number of nitrogens with zero attached hydrogens (tertiary/aromatic N) is 5. The van der Waals surface area contributed by atoms with Crippen LogP contribution in [0.15, 0.2) is 76.5 Å². The van der Waals surface area contributed by atoms with Gasteiger partial charge in [0.05, 0.1) is 40.7 Å². The summed E-state index contributed by atoms with van der Waals surface area (Å²) >= 11 is 0. The van der Waals surface area contributed by atoms with E-state index in [9.17, 15) is 4.39 Å². The molecule has 0 radical (unpaired) electrons. The lowest BCUT2D eigenvalue weighted by Gasteiger charge is -2.42. The Balaban J connectivity index is 1.44. The van der Waals surface area contributed by atoms with Crippen molar-refractivity contribution in [2.75, 3.05) is 18.1 Å². The van der Waals surface area contributed by atoms with E-state index in [1.807, 2.05) is 36.0 Å². The lowest BCUT2D eigenvalue weighted by Crippen LogP contribution is -2.45. The number of fused-ring (bicyclic) bond motifs is 2. The first kappa shape index (κ1) is 22.6. The number of hydrogen-bond donors (Lipinski definition) is 0. The fraction of sp³-hybridized carbons (Fsp3) is 0.310. The summed E-state index contributed by atoms with van der Waals surface area (Å²) in [5.74, 6) is -0.204. The fourth-order valence-electron chi connectivity index (χ4n) is 5.55. The number of halogens is 1. The molecule has 0 aliphatic carbocycles. The second-order valence-electron chi connectivity index (χ2n) is 9.57. The zero-order valence-electron chi connectivity index (χ0n) is 20.7. The minimum absolute atomic E-state index is 0.204. The number of anilines is 1. The van der Waals surface area contributed by atoms with E-state index < -0.39 is 0 Å². The highest BCUT2D eigenvalue weighted by Crippen LogP contribution is 2.39. The van der Waals surface area contributed by atoms with Crippen molar-refractivity contribution in [1.29, 1.82) is 0 Å². The number of aromatic nitrogens is 3. The highest BCUT2D eigenvalue weighted by Gasteiger charge is 2.30. The molecule has 0 bridgehead atoms. The monoisotopic (exact) mass is 483 g/mol. The van der Waals surface area contributed by atoms with Crippen LogP contribution >= 0.6 is 0 Å².